The van der Waals surface area contributed by atoms with E-state index in [0.717, 1.165) is 25.9 Å². The van der Waals surface area contributed by atoms with Crippen LogP contribution in [-0.4, -0.2) is 35.7 Å². The van der Waals surface area contributed by atoms with E-state index in [1.54, 1.807) is 0 Å². The number of aliphatic hydroxyl groups is 1. The molecular formula is C13H25NO. The summed E-state index contributed by atoms with van der Waals surface area (Å²) in [5, 5.41) is 10.7. The Balaban J connectivity index is 1.94. The van der Waals surface area contributed by atoms with E-state index in [1.807, 2.05) is 0 Å². The van der Waals surface area contributed by atoms with Crippen molar-refractivity contribution in [2.75, 3.05) is 20.1 Å². The van der Waals surface area contributed by atoms with Crippen LogP contribution < -0.4 is 0 Å². The Labute approximate surface area is 93.7 Å². The fraction of sp³-hybridized carbons (Fsp3) is 1.00. The predicted octanol–water partition coefficient (Wildman–Crippen LogP) is 2.41. The van der Waals surface area contributed by atoms with E-state index in [1.165, 1.54) is 38.5 Å². The summed E-state index contributed by atoms with van der Waals surface area (Å²) >= 11 is 0. The fourth-order valence-corrected chi connectivity index (χ4v) is 3.23. The van der Waals surface area contributed by atoms with E-state index in [0.29, 0.717) is 5.92 Å². The molecule has 2 nitrogen and oxygen atoms in total. The minimum Gasteiger partial charge on any atom is -0.390 e. The molecular weight excluding hydrogens is 186 g/mol. The summed E-state index contributed by atoms with van der Waals surface area (Å²) in [4.78, 5) is 2.34. The molecule has 0 aromatic rings. The van der Waals surface area contributed by atoms with Gasteiger partial charge in [0, 0.05) is 13.1 Å². The summed E-state index contributed by atoms with van der Waals surface area (Å²) in [6, 6.07) is 0. The number of hydrogen-bond acceptors (Lipinski definition) is 2. The first-order valence-corrected chi connectivity index (χ1v) is 6.62. The number of likely N-dealkylation sites (tertiary alicyclic amines) is 1. The number of rotatable bonds is 1. The third-order valence-electron chi connectivity index (χ3n) is 4.47. The first-order valence-electron chi connectivity index (χ1n) is 6.62. The molecule has 1 saturated carbocycles. The van der Waals surface area contributed by atoms with Crippen LogP contribution in [0.4, 0.5) is 0 Å². The lowest BCUT2D eigenvalue weighted by atomic mass is 9.76. The molecule has 2 heteroatoms. The van der Waals surface area contributed by atoms with Gasteiger partial charge in [0.2, 0.25) is 0 Å². The van der Waals surface area contributed by atoms with Gasteiger partial charge in [0.05, 0.1) is 5.60 Å². The van der Waals surface area contributed by atoms with Crippen LogP contribution in [0.2, 0.25) is 0 Å². The average molecular weight is 211 g/mol. The van der Waals surface area contributed by atoms with Crippen molar-refractivity contribution in [3.8, 4) is 0 Å². The summed E-state index contributed by atoms with van der Waals surface area (Å²) in [7, 11) is 2.16. The molecule has 1 heterocycles. The van der Waals surface area contributed by atoms with Crippen LogP contribution in [0.3, 0.4) is 0 Å². The predicted molar refractivity (Wildman–Crippen MR) is 62.9 cm³/mol. The molecule has 0 atom stereocenters. The van der Waals surface area contributed by atoms with E-state index in [2.05, 4.69) is 11.9 Å². The van der Waals surface area contributed by atoms with Crippen molar-refractivity contribution in [2.45, 2.75) is 57.0 Å². The fourth-order valence-electron chi connectivity index (χ4n) is 3.23. The van der Waals surface area contributed by atoms with Gasteiger partial charge in [0.25, 0.3) is 0 Å². The minimum absolute atomic E-state index is 0.323. The van der Waals surface area contributed by atoms with E-state index in [4.69, 9.17) is 0 Å². The van der Waals surface area contributed by atoms with Crippen LogP contribution in [0.25, 0.3) is 0 Å². The van der Waals surface area contributed by atoms with Crippen molar-refractivity contribution >= 4 is 0 Å². The molecule has 88 valence electrons. The van der Waals surface area contributed by atoms with E-state index < -0.39 is 0 Å². The van der Waals surface area contributed by atoms with Gasteiger partial charge in [0.1, 0.15) is 0 Å². The SMILES string of the molecule is CN1CCC(O)(C2CCCCCC2)CC1. The largest absolute Gasteiger partial charge is 0.390 e. The Hall–Kier alpha value is -0.0800. The molecule has 15 heavy (non-hydrogen) atoms. The zero-order valence-corrected chi connectivity index (χ0v) is 10.0. The normalized spacial score (nSPS) is 30.0. The van der Waals surface area contributed by atoms with Crippen molar-refractivity contribution in [1.29, 1.82) is 0 Å². The quantitative estimate of drug-likeness (QED) is 0.673. The lowest BCUT2D eigenvalue weighted by Crippen LogP contribution is -2.47. The van der Waals surface area contributed by atoms with Crippen LogP contribution in [0, 0.1) is 5.92 Å². The Bertz CT molecular complexity index is 189. The Kier molecular flexibility index (Phi) is 3.68. The number of piperidine rings is 1. The highest BCUT2D eigenvalue weighted by Gasteiger charge is 2.38. The van der Waals surface area contributed by atoms with Gasteiger partial charge < -0.3 is 10.0 Å². The van der Waals surface area contributed by atoms with Gasteiger partial charge >= 0.3 is 0 Å². The molecule has 2 fully saturated rings. The molecule has 0 spiro atoms. The van der Waals surface area contributed by atoms with Crippen molar-refractivity contribution in [3.63, 3.8) is 0 Å². The smallest absolute Gasteiger partial charge is 0.0700 e. The average Bonchev–Trinajstić information content (AvgIpc) is 2.51. The second kappa shape index (κ2) is 4.84. The van der Waals surface area contributed by atoms with Gasteiger partial charge in [0.15, 0.2) is 0 Å². The highest BCUT2D eigenvalue weighted by molar-refractivity contribution is 4.91. The van der Waals surface area contributed by atoms with Gasteiger partial charge in [-0.05, 0) is 38.6 Å². The summed E-state index contributed by atoms with van der Waals surface area (Å²) < 4.78 is 0. The van der Waals surface area contributed by atoms with Crippen molar-refractivity contribution in [1.82, 2.24) is 4.90 Å². The van der Waals surface area contributed by atoms with E-state index >= 15 is 0 Å². The second-order valence-corrected chi connectivity index (χ2v) is 5.60. The minimum atomic E-state index is -0.323. The van der Waals surface area contributed by atoms with Crippen LogP contribution >= 0.6 is 0 Å². The number of hydrogen-bond donors (Lipinski definition) is 1. The van der Waals surface area contributed by atoms with Gasteiger partial charge in [-0.2, -0.15) is 0 Å². The summed E-state index contributed by atoms with van der Waals surface area (Å²) in [6.45, 7) is 2.15. The monoisotopic (exact) mass is 211 g/mol. The topological polar surface area (TPSA) is 23.5 Å². The molecule has 1 aliphatic heterocycles. The van der Waals surface area contributed by atoms with Crippen LogP contribution in [-0.2, 0) is 0 Å². The third-order valence-corrected chi connectivity index (χ3v) is 4.47. The molecule has 0 amide bonds. The summed E-state index contributed by atoms with van der Waals surface area (Å²) in [5.74, 6) is 0.591. The Morgan fingerprint density at radius 1 is 1.00 bits per heavy atom. The molecule has 2 aliphatic rings. The van der Waals surface area contributed by atoms with Crippen LogP contribution in [0.5, 0.6) is 0 Å². The molecule has 1 saturated heterocycles. The molecule has 0 aromatic carbocycles. The second-order valence-electron chi connectivity index (χ2n) is 5.60. The molecule has 0 bridgehead atoms. The Morgan fingerprint density at radius 2 is 1.53 bits per heavy atom. The van der Waals surface area contributed by atoms with Crippen molar-refractivity contribution < 1.29 is 5.11 Å². The lowest BCUT2D eigenvalue weighted by Gasteiger charge is -2.42. The van der Waals surface area contributed by atoms with Crippen LogP contribution in [0.15, 0.2) is 0 Å². The van der Waals surface area contributed by atoms with Gasteiger partial charge in [-0.3, -0.25) is 0 Å². The van der Waals surface area contributed by atoms with E-state index in [-0.39, 0.29) is 5.60 Å². The van der Waals surface area contributed by atoms with Crippen molar-refractivity contribution in [2.24, 2.45) is 5.92 Å². The third kappa shape index (κ3) is 2.73. The highest BCUT2D eigenvalue weighted by atomic mass is 16.3. The Morgan fingerprint density at radius 3 is 2.07 bits per heavy atom. The zero-order valence-electron chi connectivity index (χ0n) is 10.0. The zero-order chi connectivity index (χ0) is 10.7. The summed E-state index contributed by atoms with van der Waals surface area (Å²) in [6.07, 6.45) is 9.95. The first kappa shape index (κ1) is 11.4. The first-order chi connectivity index (χ1) is 7.21. The number of nitrogens with zero attached hydrogens (tertiary/aromatic N) is 1. The lowest BCUT2D eigenvalue weighted by molar-refractivity contribution is -0.0678. The maximum atomic E-state index is 10.7. The summed E-state index contributed by atoms with van der Waals surface area (Å²) in [5.41, 5.74) is -0.323. The van der Waals surface area contributed by atoms with Crippen molar-refractivity contribution in [3.05, 3.63) is 0 Å². The molecule has 0 radical (unpaired) electrons. The van der Waals surface area contributed by atoms with Crippen LogP contribution in [0.1, 0.15) is 51.4 Å². The molecule has 2 rings (SSSR count). The van der Waals surface area contributed by atoms with Gasteiger partial charge in [-0.1, -0.05) is 25.7 Å². The maximum absolute atomic E-state index is 10.7. The highest BCUT2D eigenvalue weighted by Crippen LogP contribution is 2.37. The standard InChI is InChI=1S/C13H25NO/c1-14-10-8-13(15,9-11-14)12-6-4-2-3-5-7-12/h12,15H,2-11H2,1H3. The molecule has 1 aliphatic carbocycles. The van der Waals surface area contributed by atoms with Gasteiger partial charge in [-0.25, -0.2) is 0 Å². The van der Waals surface area contributed by atoms with E-state index in [9.17, 15) is 5.11 Å². The maximum Gasteiger partial charge on any atom is 0.0700 e. The molecule has 1 N–H and O–H groups in total. The molecule has 0 unspecified atom stereocenters. The molecule has 0 aromatic heterocycles. The van der Waals surface area contributed by atoms with Gasteiger partial charge in [-0.15, -0.1) is 0 Å².